The summed E-state index contributed by atoms with van der Waals surface area (Å²) in [5.41, 5.74) is 1.70. The lowest BCUT2D eigenvalue weighted by molar-refractivity contribution is -0.140. The molecule has 0 saturated carbocycles. The van der Waals surface area contributed by atoms with Crippen LogP contribution in [0.4, 0.5) is 4.39 Å². The van der Waals surface area contributed by atoms with Gasteiger partial charge in [0.15, 0.2) is 0 Å². The highest BCUT2D eigenvalue weighted by molar-refractivity contribution is 6.46. The van der Waals surface area contributed by atoms with Crippen molar-refractivity contribution in [3.63, 3.8) is 0 Å². The van der Waals surface area contributed by atoms with E-state index in [0.717, 1.165) is 5.56 Å². The van der Waals surface area contributed by atoms with E-state index in [9.17, 15) is 19.1 Å². The van der Waals surface area contributed by atoms with Crippen LogP contribution < -0.4 is 0 Å². The molecule has 1 heterocycles. The van der Waals surface area contributed by atoms with Crippen molar-refractivity contribution >= 4 is 29.1 Å². The van der Waals surface area contributed by atoms with Crippen molar-refractivity contribution in [2.24, 2.45) is 0 Å². The zero-order valence-corrected chi connectivity index (χ0v) is 16.5. The van der Waals surface area contributed by atoms with Gasteiger partial charge < -0.3 is 10.0 Å². The first-order valence-corrected chi connectivity index (χ1v) is 9.67. The first kappa shape index (κ1) is 19.9. The van der Waals surface area contributed by atoms with Crippen LogP contribution in [0.25, 0.3) is 5.76 Å². The molecule has 1 saturated heterocycles. The standard InChI is InChI=1S/C24H17ClFNO3/c25-18-10-6-16(7-11-18)21-20(22(28)17-8-12-19(26)13-9-17)23(29)24(30)27(21)14-15-4-2-1-3-5-15/h1-13,21,28H,14H2/b22-20+. The Kier molecular flexibility index (Phi) is 5.38. The molecule has 1 fully saturated rings. The summed E-state index contributed by atoms with van der Waals surface area (Å²) in [6, 6.07) is 20.4. The van der Waals surface area contributed by atoms with Crippen molar-refractivity contribution < 1.29 is 19.1 Å². The third-order valence-electron chi connectivity index (χ3n) is 5.04. The fourth-order valence-electron chi connectivity index (χ4n) is 3.58. The van der Waals surface area contributed by atoms with Crippen molar-refractivity contribution in [2.75, 3.05) is 0 Å². The number of nitrogens with zero attached hydrogens (tertiary/aromatic N) is 1. The van der Waals surface area contributed by atoms with Crippen LogP contribution in [-0.2, 0) is 16.1 Å². The number of rotatable bonds is 4. The normalized spacial score (nSPS) is 18.1. The fourth-order valence-corrected chi connectivity index (χ4v) is 3.70. The molecule has 0 aliphatic carbocycles. The van der Waals surface area contributed by atoms with Crippen LogP contribution in [0.2, 0.25) is 5.02 Å². The molecule has 0 radical (unpaired) electrons. The Labute approximate surface area is 177 Å². The maximum absolute atomic E-state index is 13.3. The van der Waals surface area contributed by atoms with Crippen LogP contribution in [0.3, 0.4) is 0 Å². The molecule has 1 amide bonds. The van der Waals surface area contributed by atoms with E-state index in [-0.39, 0.29) is 23.4 Å². The average molecular weight is 422 g/mol. The summed E-state index contributed by atoms with van der Waals surface area (Å²) in [5.74, 6) is -2.30. The molecule has 4 rings (SSSR count). The summed E-state index contributed by atoms with van der Waals surface area (Å²) in [4.78, 5) is 27.3. The molecular formula is C24H17ClFNO3. The van der Waals surface area contributed by atoms with Gasteiger partial charge >= 0.3 is 0 Å². The fraction of sp³-hybridized carbons (Fsp3) is 0.0833. The number of carbonyl (C=O) groups is 2. The van der Waals surface area contributed by atoms with Gasteiger partial charge in [-0.05, 0) is 47.5 Å². The molecule has 1 aliphatic heterocycles. The molecular weight excluding hydrogens is 405 g/mol. The number of halogens is 2. The summed E-state index contributed by atoms with van der Waals surface area (Å²) in [6.45, 7) is 0.193. The summed E-state index contributed by atoms with van der Waals surface area (Å²) < 4.78 is 13.3. The van der Waals surface area contributed by atoms with Crippen LogP contribution in [-0.4, -0.2) is 21.7 Å². The zero-order chi connectivity index (χ0) is 21.3. The Morgan fingerprint density at radius 3 is 2.20 bits per heavy atom. The number of aliphatic hydroxyl groups is 1. The lowest BCUT2D eigenvalue weighted by atomic mass is 9.95. The molecule has 3 aromatic rings. The topological polar surface area (TPSA) is 57.6 Å². The molecule has 1 N–H and O–H groups in total. The van der Waals surface area contributed by atoms with E-state index in [1.54, 1.807) is 24.3 Å². The van der Waals surface area contributed by atoms with Gasteiger partial charge in [0, 0.05) is 17.1 Å². The van der Waals surface area contributed by atoms with E-state index in [0.29, 0.717) is 10.6 Å². The largest absolute Gasteiger partial charge is 0.507 e. The molecule has 30 heavy (non-hydrogen) atoms. The third-order valence-corrected chi connectivity index (χ3v) is 5.29. The smallest absolute Gasteiger partial charge is 0.295 e. The summed E-state index contributed by atoms with van der Waals surface area (Å²) in [5, 5.41) is 11.4. The number of hydrogen-bond acceptors (Lipinski definition) is 3. The number of ketones is 1. The van der Waals surface area contributed by atoms with Crippen LogP contribution in [0.1, 0.15) is 22.7 Å². The number of hydrogen-bond donors (Lipinski definition) is 1. The lowest BCUT2D eigenvalue weighted by Crippen LogP contribution is -2.29. The maximum Gasteiger partial charge on any atom is 0.295 e. The molecule has 150 valence electrons. The summed E-state index contributed by atoms with van der Waals surface area (Å²) in [7, 11) is 0. The van der Waals surface area contributed by atoms with E-state index in [1.807, 2.05) is 30.3 Å². The van der Waals surface area contributed by atoms with Crippen LogP contribution in [0.15, 0.2) is 84.4 Å². The average Bonchev–Trinajstić information content (AvgIpc) is 3.00. The third kappa shape index (κ3) is 3.72. The molecule has 0 aromatic heterocycles. The Morgan fingerprint density at radius 1 is 0.933 bits per heavy atom. The van der Waals surface area contributed by atoms with E-state index in [2.05, 4.69) is 0 Å². The number of amides is 1. The van der Waals surface area contributed by atoms with Gasteiger partial charge in [-0.1, -0.05) is 54.1 Å². The van der Waals surface area contributed by atoms with Crippen LogP contribution >= 0.6 is 11.6 Å². The van der Waals surface area contributed by atoms with Gasteiger partial charge in [-0.2, -0.15) is 0 Å². The molecule has 1 atom stereocenters. The van der Waals surface area contributed by atoms with Gasteiger partial charge in [-0.15, -0.1) is 0 Å². The lowest BCUT2D eigenvalue weighted by Gasteiger charge is -2.25. The highest BCUT2D eigenvalue weighted by Crippen LogP contribution is 2.40. The Balaban J connectivity index is 1.85. The van der Waals surface area contributed by atoms with Crippen molar-refractivity contribution in [1.29, 1.82) is 0 Å². The minimum atomic E-state index is -0.799. The first-order chi connectivity index (χ1) is 14.5. The van der Waals surface area contributed by atoms with Crippen molar-refractivity contribution in [1.82, 2.24) is 4.90 Å². The monoisotopic (exact) mass is 421 g/mol. The number of benzene rings is 3. The SMILES string of the molecule is O=C1C(=O)N(Cc2ccccc2)C(c2ccc(Cl)cc2)/C1=C(\O)c1ccc(F)cc1. The minimum Gasteiger partial charge on any atom is -0.507 e. The van der Waals surface area contributed by atoms with Gasteiger partial charge in [-0.25, -0.2) is 4.39 Å². The summed E-state index contributed by atoms with van der Waals surface area (Å²) in [6.07, 6.45) is 0. The predicted octanol–water partition coefficient (Wildman–Crippen LogP) is 5.10. The Hall–Kier alpha value is -3.44. The number of carbonyl (C=O) groups excluding carboxylic acids is 2. The molecule has 1 unspecified atom stereocenters. The van der Waals surface area contributed by atoms with Gasteiger partial charge in [0.1, 0.15) is 11.6 Å². The van der Waals surface area contributed by atoms with Gasteiger partial charge in [0.05, 0.1) is 11.6 Å². The maximum atomic E-state index is 13.3. The van der Waals surface area contributed by atoms with E-state index >= 15 is 0 Å². The van der Waals surface area contributed by atoms with Gasteiger partial charge in [0.2, 0.25) is 0 Å². The molecule has 6 heteroatoms. The number of likely N-dealkylation sites (tertiary alicyclic amines) is 1. The summed E-state index contributed by atoms with van der Waals surface area (Å²) >= 11 is 6.01. The molecule has 0 bridgehead atoms. The minimum absolute atomic E-state index is 0.0372. The van der Waals surface area contributed by atoms with Gasteiger partial charge in [-0.3, -0.25) is 9.59 Å². The van der Waals surface area contributed by atoms with Crippen molar-refractivity contribution in [2.45, 2.75) is 12.6 Å². The zero-order valence-electron chi connectivity index (χ0n) is 15.8. The molecule has 1 aliphatic rings. The number of aliphatic hydroxyl groups excluding tert-OH is 1. The molecule has 0 spiro atoms. The van der Waals surface area contributed by atoms with E-state index < -0.39 is 23.5 Å². The molecule has 3 aromatic carbocycles. The predicted molar refractivity (Wildman–Crippen MR) is 112 cm³/mol. The Bertz CT molecular complexity index is 1130. The second-order valence-corrected chi connectivity index (χ2v) is 7.41. The van der Waals surface area contributed by atoms with E-state index in [1.165, 1.54) is 29.2 Å². The van der Waals surface area contributed by atoms with Crippen LogP contribution in [0, 0.1) is 5.82 Å². The second-order valence-electron chi connectivity index (χ2n) is 6.97. The van der Waals surface area contributed by atoms with Gasteiger partial charge in [0.25, 0.3) is 11.7 Å². The first-order valence-electron chi connectivity index (χ1n) is 9.29. The quantitative estimate of drug-likeness (QED) is 0.362. The molecule has 4 nitrogen and oxygen atoms in total. The van der Waals surface area contributed by atoms with Crippen LogP contribution in [0.5, 0.6) is 0 Å². The Morgan fingerprint density at radius 2 is 1.57 bits per heavy atom. The van der Waals surface area contributed by atoms with Crippen molar-refractivity contribution in [3.05, 3.63) is 112 Å². The van der Waals surface area contributed by atoms with E-state index in [4.69, 9.17) is 11.6 Å². The number of Topliss-reactive ketones (excluding diaryl/α,β-unsaturated/α-hetero) is 1. The second kappa shape index (κ2) is 8.13. The van der Waals surface area contributed by atoms with Crippen molar-refractivity contribution in [3.8, 4) is 0 Å². The highest BCUT2D eigenvalue weighted by atomic mass is 35.5. The highest BCUT2D eigenvalue weighted by Gasteiger charge is 2.46.